The Morgan fingerprint density at radius 2 is 1.56 bits per heavy atom. The quantitative estimate of drug-likeness (QED) is 0.328. The van der Waals surface area contributed by atoms with Crippen LogP contribution in [0, 0.1) is 0 Å². The SMILES string of the molecule is CCC(C)N=c1cc2n(-c3ccccc3)c3ccccc3nc-2cc1Nc1ccccc1. The Bertz CT molecular complexity index is 1390. The highest BCUT2D eigenvalue weighted by atomic mass is 15.0. The lowest BCUT2D eigenvalue weighted by atomic mass is 10.1. The number of hydrogen-bond donors (Lipinski definition) is 1. The molecule has 32 heavy (non-hydrogen) atoms. The molecule has 158 valence electrons. The van der Waals surface area contributed by atoms with E-state index in [4.69, 9.17) is 9.98 Å². The first-order chi connectivity index (χ1) is 15.7. The normalized spacial score (nSPS) is 12.9. The van der Waals surface area contributed by atoms with Crippen LogP contribution >= 0.6 is 0 Å². The molecule has 0 saturated heterocycles. The van der Waals surface area contributed by atoms with Crippen LogP contribution in [0.25, 0.3) is 28.1 Å². The van der Waals surface area contributed by atoms with E-state index < -0.39 is 0 Å². The molecule has 0 bridgehead atoms. The molecule has 1 N–H and O–H groups in total. The van der Waals surface area contributed by atoms with Crippen LogP contribution < -0.4 is 10.7 Å². The summed E-state index contributed by atoms with van der Waals surface area (Å²) >= 11 is 0. The maximum atomic E-state index is 5.03. The number of nitrogens with one attached hydrogen (secondary N) is 1. The van der Waals surface area contributed by atoms with Crippen molar-refractivity contribution in [2.75, 3.05) is 5.32 Å². The lowest BCUT2D eigenvalue weighted by Crippen LogP contribution is -2.17. The lowest BCUT2D eigenvalue weighted by molar-refractivity contribution is 0.698. The van der Waals surface area contributed by atoms with Gasteiger partial charge in [-0.05, 0) is 61.9 Å². The summed E-state index contributed by atoms with van der Waals surface area (Å²) < 4.78 is 2.28. The van der Waals surface area contributed by atoms with Gasteiger partial charge in [-0.1, -0.05) is 55.5 Å². The third-order valence-electron chi connectivity index (χ3n) is 5.71. The van der Waals surface area contributed by atoms with Crippen molar-refractivity contribution in [1.82, 2.24) is 9.55 Å². The van der Waals surface area contributed by atoms with E-state index in [-0.39, 0.29) is 6.04 Å². The Labute approximate surface area is 188 Å². The van der Waals surface area contributed by atoms with Gasteiger partial charge in [0.2, 0.25) is 0 Å². The van der Waals surface area contributed by atoms with Crippen molar-refractivity contribution >= 4 is 22.4 Å². The van der Waals surface area contributed by atoms with E-state index in [9.17, 15) is 0 Å². The van der Waals surface area contributed by atoms with E-state index in [1.807, 2.05) is 30.3 Å². The first kappa shape index (κ1) is 20.0. The topological polar surface area (TPSA) is 42.2 Å². The van der Waals surface area contributed by atoms with Gasteiger partial charge in [0.1, 0.15) is 0 Å². The molecule has 1 aliphatic carbocycles. The van der Waals surface area contributed by atoms with Crippen molar-refractivity contribution in [3.05, 3.63) is 102 Å². The highest BCUT2D eigenvalue weighted by Crippen LogP contribution is 2.30. The van der Waals surface area contributed by atoms with Gasteiger partial charge >= 0.3 is 0 Å². The Kier molecular flexibility index (Phi) is 5.42. The molecule has 3 aromatic rings. The zero-order chi connectivity index (χ0) is 21.9. The van der Waals surface area contributed by atoms with E-state index >= 15 is 0 Å². The van der Waals surface area contributed by atoms with Gasteiger partial charge in [-0.15, -0.1) is 0 Å². The third kappa shape index (κ3) is 3.87. The molecule has 1 unspecified atom stereocenters. The number of rotatable bonds is 5. The number of aromatic nitrogens is 2. The summed E-state index contributed by atoms with van der Waals surface area (Å²) in [6, 6.07) is 33.5. The molecule has 0 fully saturated rings. The van der Waals surface area contributed by atoms with Gasteiger partial charge in [0.05, 0.1) is 33.5 Å². The van der Waals surface area contributed by atoms with Gasteiger partial charge < -0.3 is 9.88 Å². The van der Waals surface area contributed by atoms with Crippen molar-refractivity contribution in [1.29, 1.82) is 0 Å². The van der Waals surface area contributed by atoms with Crippen LogP contribution in [0.15, 0.2) is 102 Å². The van der Waals surface area contributed by atoms with Crippen LogP contribution in [-0.4, -0.2) is 15.6 Å². The van der Waals surface area contributed by atoms with Crippen LogP contribution in [0.5, 0.6) is 0 Å². The summed E-state index contributed by atoms with van der Waals surface area (Å²) in [5.41, 5.74) is 7.10. The summed E-state index contributed by atoms with van der Waals surface area (Å²) in [5, 5.41) is 4.50. The molecule has 5 rings (SSSR count). The van der Waals surface area contributed by atoms with E-state index in [1.54, 1.807) is 0 Å². The average Bonchev–Trinajstić information content (AvgIpc) is 2.84. The number of fused-ring (bicyclic) bond motifs is 2. The predicted molar refractivity (Wildman–Crippen MR) is 133 cm³/mol. The summed E-state index contributed by atoms with van der Waals surface area (Å²) in [7, 11) is 0. The molecular weight excluding hydrogens is 392 g/mol. The summed E-state index contributed by atoms with van der Waals surface area (Å²) in [6.07, 6.45) is 0.984. The zero-order valence-corrected chi connectivity index (χ0v) is 18.4. The fourth-order valence-corrected chi connectivity index (χ4v) is 3.91. The van der Waals surface area contributed by atoms with Crippen LogP contribution in [0.4, 0.5) is 11.4 Å². The standard InChI is InChI=1S/C28H26N4/c1-3-20(2)29-25-19-28-26(18-24(25)30-21-12-6-4-7-13-21)31-23-16-10-11-17-27(23)32(28)22-14-8-5-9-15-22/h4-20,30H,3H2,1-2H3. The van der Waals surface area contributed by atoms with E-state index in [0.717, 1.165) is 51.3 Å². The molecule has 1 atom stereocenters. The number of hydrogen-bond acceptors (Lipinski definition) is 3. The van der Waals surface area contributed by atoms with Crippen molar-refractivity contribution < 1.29 is 0 Å². The Hall–Kier alpha value is -3.92. The largest absolute Gasteiger partial charge is 0.354 e. The maximum absolute atomic E-state index is 5.03. The molecular formula is C28H26N4. The molecule has 2 aliphatic rings. The fraction of sp³-hybridized carbons (Fsp3) is 0.143. The van der Waals surface area contributed by atoms with Crippen molar-refractivity contribution in [2.24, 2.45) is 4.99 Å². The second-order valence-corrected chi connectivity index (χ2v) is 8.01. The molecule has 1 heterocycles. The molecule has 1 aliphatic heterocycles. The molecule has 0 aromatic heterocycles. The Balaban J connectivity index is 1.83. The van der Waals surface area contributed by atoms with Gasteiger partial charge in [-0.3, -0.25) is 4.99 Å². The van der Waals surface area contributed by atoms with Crippen molar-refractivity contribution in [3.8, 4) is 17.1 Å². The average molecular weight is 419 g/mol. The summed E-state index contributed by atoms with van der Waals surface area (Å²) in [6.45, 7) is 4.32. The van der Waals surface area contributed by atoms with Crippen molar-refractivity contribution in [2.45, 2.75) is 26.3 Å². The molecule has 0 spiro atoms. The lowest BCUT2D eigenvalue weighted by Gasteiger charge is -2.20. The van der Waals surface area contributed by atoms with Crippen molar-refractivity contribution in [3.63, 3.8) is 0 Å². The van der Waals surface area contributed by atoms with Crippen LogP contribution in [0.1, 0.15) is 20.3 Å². The van der Waals surface area contributed by atoms with Gasteiger partial charge in [0.25, 0.3) is 0 Å². The zero-order valence-electron chi connectivity index (χ0n) is 18.4. The molecule has 4 nitrogen and oxygen atoms in total. The van der Waals surface area contributed by atoms with Gasteiger partial charge in [-0.2, -0.15) is 0 Å². The second-order valence-electron chi connectivity index (χ2n) is 8.01. The van der Waals surface area contributed by atoms with Crippen LogP contribution in [-0.2, 0) is 0 Å². The molecule has 0 amide bonds. The van der Waals surface area contributed by atoms with E-state index in [1.165, 1.54) is 0 Å². The minimum Gasteiger partial charge on any atom is -0.354 e. The molecule has 0 radical (unpaired) electrons. The molecule has 0 saturated carbocycles. The Morgan fingerprint density at radius 3 is 2.31 bits per heavy atom. The highest BCUT2D eigenvalue weighted by Gasteiger charge is 2.16. The van der Waals surface area contributed by atoms with E-state index in [2.05, 4.69) is 90.5 Å². The highest BCUT2D eigenvalue weighted by molar-refractivity contribution is 5.84. The smallest absolute Gasteiger partial charge is 0.0900 e. The first-order valence-electron chi connectivity index (χ1n) is 11.1. The third-order valence-corrected chi connectivity index (χ3v) is 5.71. The van der Waals surface area contributed by atoms with Crippen LogP contribution in [0.2, 0.25) is 0 Å². The minimum atomic E-state index is 0.224. The van der Waals surface area contributed by atoms with E-state index in [0.29, 0.717) is 0 Å². The minimum absolute atomic E-state index is 0.224. The van der Waals surface area contributed by atoms with Gasteiger partial charge in [0.15, 0.2) is 0 Å². The Morgan fingerprint density at radius 1 is 0.875 bits per heavy atom. The number of benzene rings is 4. The number of para-hydroxylation sites is 4. The molecule has 3 aromatic carbocycles. The summed E-state index contributed by atoms with van der Waals surface area (Å²) in [4.78, 5) is 10.0. The molecule has 4 heteroatoms. The maximum Gasteiger partial charge on any atom is 0.0900 e. The predicted octanol–water partition coefficient (Wildman–Crippen LogP) is 6.57. The fourth-order valence-electron chi connectivity index (χ4n) is 3.91. The second kappa shape index (κ2) is 8.67. The number of nitrogens with zero attached hydrogens (tertiary/aromatic N) is 3. The first-order valence-corrected chi connectivity index (χ1v) is 11.1. The van der Waals surface area contributed by atoms with Gasteiger partial charge in [-0.25, -0.2) is 4.98 Å². The number of anilines is 2. The van der Waals surface area contributed by atoms with Crippen LogP contribution in [0.3, 0.4) is 0 Å². The van der Waals surface area contributed by atoms with Gasteiger partial charge in [0, 0.05) is 17.4 Å². The summed E-state index contributed by atoms with van der Waals surface area (Å²) in [5.74, 6) is 0. The monoisotopic (exact) mass is 418 g/mol.